The van der Waals surface area contributed by atoms with E-state index in [1.165, 1.54) is 5.56 Å². The van der Waals surface area contributed by atoms with Crippen LogP contribution in [0.4, 0.5) is 15.9 Å². The lowest BCUT2D eigenvalue weighted by Gasteiger charge is -2.38. The lowest BCUT2D eigenvalue weighted by atomic mass is 9.76. The number of halogens is 1. The summed E-state index contributed by atoms with van der Waals surface area (Å²) in [4.78, 5) is 6.82. The van der Waals surface area contributed by atoms with Gasteiger partial charge in [0.2, 0.25) is 0 Å². The number of rotatable bonds is 4. The van der Waals surface area contributed by atoms with E-state index in [1.807, 2.05) is 24.4 Å². The molecule has 2 aliphatic rings. The maximum atomic E-state index is 13.0. The predicted molar refractivity (Wildman–Crippen MR) is 97.5 cm³/mol. The van der Waals surface area contributed by atoms with Crippen molar-refractivity contribution in [2.75, 3.05) is 23.3 Å². The number of nitrogens with one attached hydrogen (secondary N) is 1. The van der Waals surface area contributed by atoms with Gasteiger partial charge in [-0.05, 0) is 61.4 Å². The molecular weight excluding hydrogens is 317 g/mol. The molecule has 2 aromatic rings. The second-order valence-electron chi connectivity index (χ2n) is 7.15. The van der Waals surface area contributed by atoms with Crippen molar-refractivity contribution in [2.45, 2.75) is 43.7 Å². The van der Waals surface area contributed by atoms with Gasteiger partial charge in [0, 0.05) is 25.3 Å². The van der Waals surface area contributed by atoms with E-state index in [1.54, 1.807) is 12.1 Å². The molecule has 1 saturated heterocycles. The van der Waals surface area contributed by atoms with Crippen LogP contribution in [0.3, 0.4) is 0 Å². The fourth-order valence-electron chi connectivity index (χ4n) is 3.80. The zero-order chi connectivity index (χ0) is 17.2. The van der Waals surface area contributed by atoms with Crippen molar-refractivity contribution in [3.63, 3.8) is 0 Å². The van der Waals surface area contributed by atoms with Crippen LogP contribution in [0.25, 0.3) is 0 Å². The highest BCUT2D eigenvalue weighted by Gasteiger charge is 2.31. The number of aliphatic hydroxyl groups excluding tert-OH is 1. The van der Waals surface area contributed by atoms with Gasteiger partial charge in [-0.1, -0.05) is 12.1 Å². The minimum atomic E-state index is -0.181. The molecule has 4 rings (SSSR count). The van der Waals surface area contributed by atoms with Gasteiger partial charge in [0.05, 0.1) is 11.8 Å². The van der Waals surface area contributed by atoms with Gasteiger partial charge in [-0.3, -0.25) is 0 Å². The number of piperidine rings is 1. The fourth-order valence-corrected chi connectivity index (χ4v) is 3.80. The third kappa shape index (κ3) is 3.61. The van der Waals surface area contributed by atoms with Crippen LogP contribution >= 0.6 is 0 Å². The molecule has 1 saturated carbocycles. The molecule has 0 unspecified atom stereocenters. The second-order valence-corrected chi connectivity index (χ2v) is 7.15. The van der Waals surface area contributed by atoms with Crippen molar-refractivity contribution in [1.82, 2.24) is 4.98 Å². The summed E-state index contributed by atoms with van der Waals surface area (Å²) in [6.45, 7) is 1.69. The smallest absolute Gasteiger partial charge is 0.151 e. The van der Waals surface area contributed by atoms with Crippen molar-refractivity contribution in [3.05, 3.63) is 54.0 Å². The Morgan fingerprint density at radius 1 is 1.08 bits per heavy atom. The number of benzene rings is 1. The molecule has 2 N–H and O–H groups in total. The molecule has 0 spiro atoms. The van der Waals surface area contributed by atoms with E-state index in [2.05, 4.69) is 21.3 Å². The molecule has 5 heteroatoms. The molecule has 2 fully saturated rings. The van der Waals surface area contributed by atoms with Gasteiger partial charge in [0.1, 0.15) is 5.82 Å². The van der Waals surface area contributed by atoms with Crippen LogP contribution in [-0.4, -0.2) is 35.3 Å². The summed E-state index contributed by atoms with van der Waals surface area (Å²) >= 11 is 0. The third-order valence-electron chi connectivity index (χ3n) is 5.39. The van der Waals surface area contributed by atoms with Gasteiger partial charge in [0.15, 0.2) is 5.82 Å². The molecule has 0 radical (unpaired) electrons. The minimum Gasteiger partial charge on any atom is -0.393 e. The quantitative estimate of drug-likeness (QED) is 0.893. The van der Waals surface area contributed by atoms with E-state index in [-0.39, 0.29) is 11.9 Å². The Morgan fingerprint density at radius 3 is 2.52 bits per heavy atom. The van der Waals surface area contributed by atoms with Crippen LogP contribution in [-0.2, 0) is 0 Å². The molecule has 0 atom stereocenters. The molecule has 1 aromatic carbocycles. The predicted octanol–water partition coefficient (Wildman–Crippen LogP) is 3.54. The first-order chi connectivity index (χ1) is 12.2. The Bertz CT molecular complexity index is 707. The normalized spacial score (nSPS) is 24.0. The molecule has 1 aliphatic carbocycles. The fraction of sp³-hybridized carbons (Fsp3) is 0.450. The van der Waals surface area contributed by atoms with Gasteiger partial charge in [-0.15, -0.1) is 0 Å². The number of hydrogen-bond acceptors (Lipinski definition) is 4. The Hall–Kier alpha value is -2.14. The lowest BCUT2D eigenvalue weighted by Crippen LogP contribution is -2.38. The average molecular weight is 341 g/mol. The van der Waals surface area contributed by atoms with Crippen LogP contribution in [0, 0.1) is 5.82 Å². The largest absolute Gasteiger partial charge is 0.393 e. The Morgan fingerprint density at radius 2 is 1.80 bits per heavy atom. The summed E-state index contributed by atoms with van der Waals surface area (Å²) in [5.74, 6) is 1.31. The SMILES string of the molecule is OC1CCN(c2ncccc2NC2CC(c3ccc(F)cc3)C2)CC1. The second kappa shape index (κ2) is 7.00. The van der Waals surface area contributed by atoms with Gasteiger partial charge < -0.3 is 15.3 Å². The molecule has 1 aromatic heterocycles. The van der Waals surface area contributed by atoms with E-state index in [0.717, 1.165) is 50.3 Å². The number of hydrogen-bond donors (Lipinski definition) is 2. The Kier molecular flexibility index (Phi) is 4.57. The molecule has 1 aliphatic heterocycles. The summed E-state index contributed by atoms with van der Waals surface area (Å²) in [7, 11) is 0. The van der Waals surface area contributed by atoms with Crippen molar-refractivity contribution >= 4 is 11.5 Å². The number of pyridine rings is 1. The lowest BCUT2D eigenvalue weighted by molar-refractivity contribution is 0.145. The first-order valence-electron chi connectivity index (χ1n) is 9.09. The van der Waals surface area contributed by atoms with Crippen molar-refractivity contribution in [3.8, 4) is 0 Å². The van der Waals surface area contributed by atoms with Crippen LogP contribution in [0.5, 0.6) is 0 Å². The van der Waals surface area contributed by atoms with E-state index in [0.29, 0.717) is 12.0 Å². The minimum absolute atomic E-state index is 0.176. The van der Waals surface area contributed by atoms with Crippen LogP contribution in [0.2, 0.25) is 0 Å². The first-order valence-corrected chi connectivity index (χ1v) is 9.09. The van der Waals surface area contributed by atoms with Gasteiger partial charge >= 0.3 is 0 Å². The Labute approximate surface area is 147 Å². The molecule has 132 valence electrons. The zero-order valence-electron chi connectivity index (χ0n) is 14.2. The summed E-state index contributed by atoms with van der Waals surface area (Å²) in [6.07, 6.45) is 5.35. The topological polar surface area (TPSA) is 48.4 Å². The van der Waals surface area contributed by atoms with Crippen molar-refractivity contribution in [2.24, 2.45) is 0 Å². The van der Waals surface area contributed by atoms with E-state index >= 15 is 0 Å². The molecular formula is C20H24FN3O. The zero-order valence-corrected chi connectivity index (χ0v) is 14.2. The number of nitrogens with zero attached hydrogens (tertiary/aromatic N) is 2. The number of aromatic nitrogens is 1. The molecule has 4 nitrogen and oxygen atoms in total. The van der Waals surface area contributed by atoms with Gasteiger partial charge in [-0.25, -0.2) is 9.37 Å². The summed E-state index contributed by atoms with van der Waals surface area (Å²) in [5, 5.41) is 13.3. The van der Waals surface area contributed by atoms with Gasteiger partial charge in [0.25, 0.3) is 0 Å². The highest BCUT2D eigenvalue weighted by molar-refractivity contribution is 5.66. The van der Waals surface area contributed by atoms with Crippen LogP contribution in [0.1, 0.15) is 37.2 Å². The number of anilines is 2. The van der Waals surface area contributed by atoms with E-state index in [4.69, 9.17) is 0 Å². The summed E-state index contributed by atoms with van der Waals surface area (Å²) in [5.41, 5.74) is 2.29. The van der Waals surface area contributed by atoms with Crippen LogP contribution < -0.4 is 10.2 Å². The average Bonchev–Trinajstić information content (AvgIpc) is 2.60. The first kappa shape index (κ1) is 16.3. The standard InChI is InChI=1S/C20H24FN3O/c21-16-5-3-14(4-6-16)15-12-17(13-15)23-19-2-1-9-22-20(19)24-10-7-18(25)8-11-24/h1-6,9,15,17-18,23,25H,7-8,10-13H2. The van der Waals surface area contributed by atoms with Crippen molar-refractivity contribution in [1.29, 1.82) is 0 Å². The molecule has 0 bridgehead atoms. The summed E-state index contributed by atoms with van der Waals surface area (Å²) in [6, 6.07) is 11.3. The third-order valence-corrected chi connectivity index (χ3v) is 5.39. The van der Waals surface area contributed by atoms with Crippen LogP contribution in [0.15, 0.2) is 42.6 Å². The number of aliphatic hydroxyl groups is 1. The van der Waals surface area contributed by atoms with Crippen molar-refractivity contribution < 1.29 is 9.50 Å². The van der Waals surface area contributed by atoms with E-state index in [9.17, 15) is 9.50 Å². The molecule has 0 amide bonds. The van der Waals surface area contributed by atoms with Gasteiger partial charge in [-0.2, -0.15) is 0 Å². The molecule has 25 heavy (non-hydrogen) atoms. The van der Waals surface area contributed by atoms with E-state index < -0.39 is 0 Å². The maximum absolute atomic E-state index is 13.0. The highest BCUT2D eigenvalue weighted by atomic mass is 19.1. The highest BCUT2D eigenvalue weighted by Crippen LogP contribution is 2.39. The molecule has 2 heterocycles. The summed E-state index contributed by atoms with van der Waals surface area (Å²) < 4.78 is 13.0. The Balaban J connectivity index is 1.38. The monoisotopic (exact) mass is 341 g/mol. The maximum Gasteiger partial charge on any atom is 0.151 e.